The van der Waals surface area contributed by atoms with E-state index in [1.54, 1.807) is 30.5 Å². The number of aromatic nitrogens is 2. The highest BCUT2D eigenvalue weighted by Crippen LogP contribution is 2.50. The summed E-state index contributed by atoms with van der Waals surface area (Å²) < 4.78 is 26.4. The molecule has 0 fully saturated rings. The van der Waals surface area contributed by atoms with Gasteiger partial charge in [0.25, 0.3) is 0 Å². The van der Waals surface area contributed by atoms with E-state index in [4.69, 9.17) is 20.2 Å². The molecular formula is C26H23FN4O2. The molecule has 2 aliphatic rings. The zero-order valence-corrected chi connectivity index (χ0v) is 18.6. The van der Waals surface area contributed by atoms with E-state index in [-0.39, 0.29) is 18.6 Å². The summed E-state index contributed by atoms with van der Waals surface area (Å²) in [6.45, 7) is 6.62. The molecule has 0 bridgehead atoms. The highest BCUT2D eigenvalue weighted by Gasteiger charge is 2.45. The molecule has 0 saturated carbocycles. The molecule has 1 spiro atoms. The van der Waals surface area contributed by atoms with Crippen molar-refractivity contribution >= 4 is 5.84 Å². The van der Waals surface area contributed by atoms with Crippen molar-refractivity contribution in [3.05, 3.63) is 71.4 Å². The Balaban J connectivity index is 1.72. The van der Waals surface area contributed by atoms with Crippen LogP contribution >= 0.6 is 0 Å². The van der Waals surface area contributed by atoms with E-state index in [1.807, 2.05) is 32.9 Å². The maximum Gasteiger partial charge on any atom is 0.225 e. The van der Waals surface area contributed by atoms with Gasteiger partial charge in [-0.1, -0.05) is 17.9 Å². The third kappa shape index (κ3) is 3.83. The molecule has 7 heteroatoms. The first-order chi connectivity index (χ1) is 15.7. The van der Waals surface area contributed by atoms with Crippen LogP contribution in [0.25, 0.3) is 11.1 Å². The SMILES string of the molecule is CC(C)(C)C#Cc1cnc2c(c1)C1(COCC(N)=N1)c1cc(-c3cccnc3F)ccc1O2. The molecule has 166 valence electrons. The second-order valence-corrected chi connectivity index (χ2v) is 9.19. The van der Waals surface area contributed by atoms with Gasteiger partial charge in [-0.3, -0.25) is 4.99 Å². The molecular weight excluding hydrogens is 419 g/mol. The maximum absolute atomic E-state index is 14.4. The summed E-state index contributed by atoms with van der Waals surface area (Å²) in [5.41, 5.74) is 8.23. The van der Waals surface area contributed by atoms with Crippen LogP contribution in [-0.2, 0) is 10.3 Å². The number of fused-ring (bicyclic) bond motifs is 4. The van der Waals surface area contributed by atoms with Gasteiger partial charge in [0.2, 0.25) is 11.8 Å². The molecule has 6 nitrogen and oxygen atoms in total. The lowest BCUT2D eigenvalue weighted by Crippen LogP contribution is -2.42. The molecule has 3 aromatic rings. The van der Waals surface area contributed by atoms with Crippen molar-refractivity contribution in [2.45, 2.75) is 26.3 Å². The normalized spacial score (nSPS) is 19.0. The van der Waals surface area contributed by atoms with Crippen molar-refractivity contribution in [2.24, 2.45) is 16.1 Å². The minimum Gasteiger partial charge on any atom is -0.438 e. The molecule has 0 saturated heterocycles. The number of hydrogen-bond donors (Lipinski definition) is 1. The lowest BCUT2D eigenvalue weighted by atomic mass is 9.80. The second-order valence-electron chi connectivity index (χ2n) is 9.19. The summed E-state index contributed by atoms with van der Waals surface area (Å²) in [6.07, 6.45) is 3.11. The van der Waals surface area contributed by atoms with E-state index >= 15 is 0 Å². The fraction of sp³-hybridized carbons (Fsp3) is 0.269. The van der Waals surface area contributed by atoms with Crippen LogP contribution in [0.3, 0.4) is 0 Å². The number of ether oxygens (including phenoxy) is 2. The summed E-state index contributed by atoms with van der Waals surface area (Å²) in [7, 11) is 0. The molecule has 33 heavy (non-hydrogen) atoms. The topological polar surface area (TPSA) is 82.6 Å². The molecule has 0 amide bonds. The monoisotopic (exact) mass is 442 g/mol. The van der Waals surface area contributed by atoms with E-state index in [2.05, 4.69) is 21.8 Å². The Labute approximate surface area is 191 Å². The molecule has 1 aromatic carbocycles. The van der Waals surface area contributed by atoms with Crippen LogP contribution in [0, 0.1) is 23.2 Å². The predicted molar refractivity (Wildman–Crippen MR) is 123 cm³/mol. The summed E-state index contributed by atoms with van der Waals surface area (Å²) in [5.74, 6) is 7.23. The predicted octanol–water partition coefficient (Wildman–Crippen LogP) is 4.42. The summed E-state index contributed by atoms with van der Waals surface area (Å²) in [5, 5.41) is 0. The Hall–Kier alpha value is -3.76. The maximum atomic E-state index is 14.4. The standard InChI is InChI=1S/C26H23FN4O2/c1-25(2,3)9-8-16-11-20-24(30-13-16)33-21-7-6-17(18-5-4-10-29-23(18)27)12-19(21)26(20)15-32-14-22(28)31-26/h4-7,10-13H,14-15H2,1-3H3,(H2,28,31). The van der Waals surface area contributed by atoms with Crippen LogP contribution in [0.2, 0.25) is 0 Å². The van der Waals surface area contributed by atoms with E-state index < -0.39 is 11.5 Å². The van der Waals surface area contributed by atoms with Gasteiger partial charge in [-0.15, -0.1) is 0 Å². The highest BCUT2D eigenvalue weighted by molar-refractivity contribution is 5.84. The quantitative estimate of drug-likeness (QED) is 0.446. The Morgan fingerprint density at radius 2 is 1.97 bits per heavy atom. The van der Waals surface area contributed by atoms with Gasteiger partial charge in [-0.05, 0) is 56.7 Å². The van der Waals surface area contributed by atoms with Gasteiger partial charge in [0.15, 0.2) is 0 Å². The number of halogens is 1. The van der Waals surface area contributed by atoms with Gasteiger partial charge >= 0.3 is 0 Å². The molecule has 2 aromatic heterocycles. The molecule has 5 rings (SSSR count). The summed E-state index contributed by atoms with van der Waals surface area (Å²) >= 11 is 0. The molecule has 1 atom stereocenters. The van der Waals surface area contributed by atoms with Gasteiger partial charge in [-0.2, -0.15) is 4.39 Å². The molecule has 4 heterocycles. The van der Waals surface area contributed by atoms with Crippen LogP contribution in [0.5, 0.6) is 11.6 Å². The van der Waals surface area contributed by atoms with Crippen LogP contribution in [0.4, 0.5) is 4.39 Å². The number of pyridine rings is 2. The first-order valence-corrected chi connectivity index (χ1v) is 10.6. The van der Waals surface area contributed by atoms with E-state index in [9.17, 15) is 4.39 Å². The van der Waals surface area contributed by atoms with Gasteiger partial charge < -0.3 is 15.2 Å². The van der Waals surface area contributed by atoms with Crippen LogP contribution in [-0.4, -0.2) is 29.0 Å². The molecule has 0 radical (unpaired) electrons. The number of rotatable bonds is 1. The van der Waals surface area contributed by atoms with Crippen molar-refractivity contribution < 1.29 is 13.9 Å². The smallest absolute Gasteiger partial charge is 0.225 e. The minimum atomic E-state index is -0.980. The van der Waals surface area contributed by atoms with Gasteiger partial charge in [-0.25, -0.2) is 9.97 Å². The highest BCUT2D eigenvalue weighted by atomic mass is 19.1. The molecule has 1 unspecified atom stereocenters. The molecule has 0 aliphatic carbocycles. The first kappa shape index (κ1) is 21.1. The number of nitrogens with two attached hydrogens (primary N) is 1. The van der Waals surface area contributed by atoms with E-state index in [0.717, 1.165) is 11.1 Å². The lowest BCUT2D eigenvalue weighted by Gasteiger charge is -2.39. The van der Waals surface area contributed by atoms with Crippen LogP contribution < -0.4 is 10.5 Å². The Bertz CT molecular complexity index is 1350. The van der Waals surface area contributed by atoms with Crippen molar-refractivity contribution in [3.8, 4) is 34.6 Å². The largest absolute Gasteiger partial charge is 0.438 e. The van der Waals surface area contributed by atoms with Crippen molar-refractivity contribution in [1.29, 1.82) is 0 Å². The number of nitrogens with zero attached hydrogens (tertiary/aromatic N) is 3. The zero-order chi connectivity index (χ0) is 23.2. The second kappa shape index (κ2) is 7.68. The Morgan fingerprint density at radius 1 is 1.12 bits per heavy atom. The molecule has 2 N–H and O–H groups in total. The fourth-order valence-electron chi connectivity index (χ4n) is 4.01. The van der Waals surface area contributed by atoms with Crippen LogP contribution in [0.15, 0.2) is 53.8 Å². The number of aliphatic imine (C=N–C) groups is 1. The third-order valence-electron chi connectivity index (χ3n) is 5.48. The van der Waals surface area contributed by atoms with E-state index in [1.165, 1.54) is 6.20 Å². The van der Waals surface area contributed by atoms with Gasteiger partial charge in [0.05, 0.1) is 12.2 Å². The van der Waals surface area contributed by atoms with Gasteiger partial charge in [0, 0.05) is 34.5 Å². The lowest BCUT2D eigenvalue weighted by molar-refractivity contribution is 0.109. The number of amidine groups is 1. The van der Waals surface area contributed by atoms with Crippen molar-refractivity contribution in [2.75, 3.05) is 13.2 Å². The molecule has 2 aliphatic heterocycles. The summed E-state index contributed by atoms with van der Waals surface area (Å²) in [4.78, 5) is 13.2. The fourth-order valence-corrected chi connectivity index (χ4v) is 4.01. The average Bonchev–Trinajstić information content (AvgIpc) is 2.78. The van der Waals surface area contributed by atoms with Crippen molar-refractivity contribution in [1.82, 2.24) is 9.97 Å². The number of hydrogen-bond acceptors (Lipinski definition) is 6. The van der Waals surface area contributed by atoms with Gasteiger partial charge in [0.1, 0.15) is 23.7 Å². The Kier molecular flexibility index (Phi) is 4.91. The number of benzene rings is 1. The zero-order valence-electron chi connectivity index (χ0n) is 18.6. The van der Waals surface area contributed by atoms with Crippen LogP contribution in [0.1, 0.15) is 37.5 Å². The minimum absolute atomic E-state index is 0.157. The van der Waals surface area contributed by atoms with E-state index in [0.29, 0.717) is 34.2 Å². The average molecular weight is 442 g/mol. The van der Waals surface area contributed by atoms with Crippen molar-refractivity contribution in [3.63, 3.8) is 0 Å². The summed E-state index contributed by atoms with van der Waals surface area (Å²) in [6, 6.07) is 10.7. The third-order valence-corrected chi connectivity index (χ3v) is 5.48. The first-order valence-electron chi connectivity index (χ1n) is 10.6. The Morgan fingerprint density at radius 3 is 2.73 bits per heavy atom.